The molecule has 3 saturated carbocycles. The highest BCUT2D eigenvalue weighted by Gasteiger charge is 2.63. The predicted molar refractivity (Wildman–Crippen MR) is 134 cm³/mol. The molecule has 0 aromatic rings. The maximum Gasteiger partial charge on any atom is 0.0229 e. The maximum absolute atomic E-state index is 3.02. The van der Waals surface area contributed by atoms with E-state index in [1.807, 2.05) is 0 Å². The van der Waals surface area contributed by atoms with Gasteiger partial charge in [0.15, 0.2) is 0 Å². The van der Waals surface area contributed by atoms with Gasteiger partial charge < -0.3 is 0 Å². The zero-order chi connectivity index (χ0) is 23.1. The van der Waals surface area contributed by atoms with E-state index >= 15 is 0 Å². The molecule has 6 aliphatic rings. The van der Waals surface area contributed by atoms with Crippen LogP contribution in [0.15, 0.2) is 0 Å². The van der Waals surface area contributed by atoms with Gasteiger partial charge in [-0.3, -0.25) is 9.80 Å². The Morgan fingerprint density at radius 2 is 1.00 bits per heavy atom. The molecule has 0 spiro atoms. The van der Waals surface area contributed by atoms with Crippen LogP contribution in [0.2, 0.25) is 0 Å². The molecular weight excluding hydrogens is 376 g/mol. The Morgan fingerprint density at radius 1 is 0.581 bits per heavy atom. The van der Waals surface area contributed by atoms with E-state index in [0.717, 1.165) is 12.1 Å². The molecule has 3 aliphatic carbocycles. The summed E-state index contributed by atoms with van der Waals surface area (Å²) >= 11 is 0. The number of nitrogens with zero attached hydrogens (tertiary/aromatic N) is 2. The van der Waals surface area contributed by atoms with Crippen molar-refractivity contribution in [2.45, 2.75) is 150 Å². The van der Waals surface area contributed by atoms with Crippen molar-refractivity contribution < 1.29 is 0 Å². The molecule has 31 heavy (non-hydrogen) atoms. The van der Waals surface area contributed by atoms with Crippen LogP contribution in [0, 0.1) is 21.7 Å². The van der Waals surface area contributed by atoms with Crippen LogP contribution in [0.5, 0.6) is 0 Å². The molecule has 6 fully saturated rings. The van der Waals surface area contributed by atoms with Gasteiger partial charge in [-0.2, -0.15) is 0 Å². The van der Waals surface area contributed by atoms with E-state index in [4.69, 9.17) is 0 Å². The maximum atomic E-state index is 3.02. The van der Waals surface area contributed by atoms with Crippen LogP contribution in [0.4, 0.5) is 0 Å². The fraction of sp³-hybridized carbons (Fsp3) is 1.00. The van der Waals surface area contributed by atoms with E-state index in [1.165, 1.54) is 70.9 Å². The summed E-state index contributed by atoms with van der Waals surface area (Å²) in [6.07, 6.45) is 12.9. The Hall–Kier alpha value is -0.0800. The molecule has 2 unspecified atom stereocenters. The normalized spacial score (nSPS) is 38.5. The van der Waals surface area contributed by atoms with Gasteiger partial charge in [0.2, 0.25) is 0 Å². The van der Waals surface area contributed by atoms with Gasteiger partial charge in [-0.25, -0.2) is 0 Å². The standard InChI is InChI=1S/C29H54N2/c1-24(2,3)28-14-17-29(18-15-28,19-16-28)26(7,8)27(9,10)31-21-22-12-11-13-23(31)20-30(22)25(4,5)6/h22-23H,11-21H2,1-10H3. The highest BCUT2D eigenvalue weighted by atomic mass is 15.4. The Labute approximate surface area is 194 Å². The Balaban J connectivity index is 1.59. The summed E-state index contributed by atoms with van der Waals surface area (Å²) in [6, 6.07) is 1.46. The average molecular weight is 431 g/mol. The third kappa shape index (κ3) is 3.48. The van der Waals surface area contributed by atoms with Crippen molar-refractivity contribution in [1.29, 1.82) is 0 Å². The summed E-state index contributed by atoms with van der Waals surface area (Å²) in [7, 11) is 0. The zero-order valence-electron chi connectivity index (χ0n) is 22.8. The van der Waals surface area contributed by atoms with Gasteiger partial charge in [0, 0.05) is 36.3 Å². The molecule has 6 rings (SSSR count). The molecule has 0 radical (unpaired) electrons. The minimum atomic E-state index is 0.239. The lowest BCUT2D eigenvalue weighted by molar-refractivity contribution is -0.183. The number of hydrogen-bond acceptors (Lipinski definition) is 2. The minimum Gasteiger partial charge on any atom is -0.293 e. The summed E-state index contributed by atoms with van der Waals surface area (Å²) in [5.74, 6) is 0. The zero-order valence-corrected chi connectivity index (χ0v) is 22.8. The number of fused-ring (bicyclic) bond motifs is 7. The summed E-state index contributed by atoms with van der Waals surface area (Å²) in [5, 5.41) is 0. The number of rotatable bonds is 3. The Morgan fingerprint density at radius 3 is 1.45 bits per heavy atom. The van der Waals surface area contributed by atoms with E-state index in [2.05, 4.69) is 79.0 Å². The highest BCUT2D eigenvalue weighted by molar-refractivity contribution is 5.15. The van der Waals surface area contributed by atoms with Crippen LogP contribution >= 0.6 is 0 Å². The summed E-state index contributed by atoms with van der Waals surface area (Å²) in [6.45, 7) is 28.0. The lowest BCUT2D eigenvalue weighted by Crippen LogP contribution is -2.71. The van der Waals surface area contributed by atoms with Crippen molar-refractivity contribution in [2.24, 2.45) is 21.7 Å². The van der Waals surface area contributed by atoms with Gasteiger partial charge in [0.1, 0.15) is 0 Å². The number of hydrogen-bond donors (Lipinski definition) is 0. The van der Waals surface area contributed by atoms with Gasteiger partial charge in [-0.1, -0.05) is 41.0 Å². The predicted octanol–water partition coefficient (Wildman–Crippen LogP) is 7.52. The van der Waals surface area contributed by atoms with Crippen LogP contribution in [-0.2, 0) is 0 Å². The molecule has 2 atom stereocenters. The molecule has 3 saturated heterocycles. The van der Waals surface area contributed by atoms with Crippen LogP contribution in [0.3, 0.4) is 0 Å². The molecule has 0 N–H and O–H groups in total. The Kier molecular flexibility index (Phi) is 5.59. The van der Waals surface area contributed by atoms with Crippen molar-refractivity contribution in [3.63, 3.8) is 0 Å². The molecule has 180 valence electrons. The number of piperazine rings is 1. The van der Waals surface area contributed by atoms with Crippen molar-refractivity contribution >= 4 is 0 Å². The highest BCUT2D eigenvalue weighted by Crippen LogP contribution is 2.70. The minimum absolute atomic E-state index is 0.239. The van der Waals surface area contributed by atoms with Gasteiger partial charge in [0.05, 0.1) is 0 Å². The van der Waals surface area contributed by atoms with E-state index in [1.54, 1.807) is 0 Å². The SMILES string of the molecule is CC(C)(C)N1CC2CCCC1CN2C(C)(C)C(C)(C)C12CCC(C(C)(C)C)(CC1)CC2. The molecule has 0 aromatic heterocycles. The van der Waals surface area contributed by atoms with Crippen LogP contribution in [0.25, 0.3) is 0 Å². The molecule has 4 bridgehead atoms. The van der Waals surface area contributed by atoms with Crippen LogP contribution in [-0.4, -0.2) is 46.1 Å². The van der Waals surface area contributed by atoms with Crippen molar-refractivity contribution in [3.05, 3.63) is 0 Å². The van der Waals surface area contributed by atoms with E-state index in [-0.39, 0.29) is 5.54 Å². The van der Waals surface area contributed by atoms with Crippen LogP contribution in [0.1, 0.15) is 127 Å². The second-order valence-electron chi connectivity index (χ2n) is 15.2. The fourth-order valence-corrected chi connectivity index (χ4v) is 8.80. The first-order valence-electron chi connectivity index (χ1n) is 13.6. The van der Waals surface area contributed by atoms with Gasteiger partial charge in [0.25, 0.3) is 0 Å². The third-order valence-corrected chi connectivity index (χ3v) is 12.0. The van der Waals surface area contributed by atoms with E-state index in [0.29, 0.717) is 27.2 Å². The van der Waals surface area contributed by atoms with Crippen molar-refractivity contribution in [1.82, 2.24) is 9.80 Å². The topological polar surface area (TPSA) is 6.48 Å². The lowest BCUT2D eigenvalue weighted by atomic mass is 9.40. The van der Waals surface area contributed by atoms with Gasteiger partial charge >= 0.3 is 0 Å². The summed E-state index contributed by atoms with van der Waals surface area (Å²) in [4.78, 5) is 5.86. The van der Waals surface area contributed by atoms with Crippen LogP contribution < -0.4 is 0 Å². The first kappa shape index (κ1) is 24.1. The van der Waals surface area contributed by atoms with Gasteiger partial charge in [-0.15, -0.1) is 0 Å². The summed E-state index contributed by atoms with van der Waals surface area (Å²) in [5.41, 5.74) is 2.45. The smallest absolute Gasteiger partial charge is 0.0229 e. The van der Waals surface area contributed by atoms with E-state index < -0.39 is 0 Å². The van der Waals surface area contributed by atoms with Crippen molar-refractivity contribution in [3.8, 4) is 0 Å². The Bertz CT molecular complexity index is 649. The van der Waals surface area contributed by atoms with Crippen molar-refractivity contribution in [2.75, 3.05) is 13.1 Å². The molecule has 0 aromatic carbocycles. The quantitative estimate of drug-likeness (QED) is 0.457. The molecule has 2 heteroatoms. The molecule has 3 aliphatic heterocycles. The largest absolute Gasteiger partial charge is 0.293 e. The second kappa shape index (κ2) is 7.21. The molecule has 2 nitrogen and oxygen atoms in total. The molecular formula is C29H54N2. The third-order valence-electron chi connectivity index (χ3n) is 12.0. The summed E-state index contributed by atoms with van der Waals surface area (Å²) < 4.78 is 0. The monoisotopic (exact) mass is 430 g/mol. The lowest BCUT2D eigenvalue weighted by Gasteiger charge is -2.68. The second-order valence-corrected chi connectivity index (χ2v) is 15.2. The first-order valence-corrected chi connectivity index (χ1v) is 13.6. The fourth-order valence-electron chi connectivity index (χ4n) is 8.80. The first-order chi connectivity index (χ1) is 14.1. The molecule has 0 amide bonds. The van der Waals surface area contributed by atoms with Gasteiger partial charge in [-0.05, 0) is 108 Å². The van der Waals surface area contributed by atoms with E-state index in [9.17, 15) is 0 Å². The average Bonchev–Trinajstić information content (AvgIpc) is 3.02. The molecule has 3 heterocycles.